The number of nitriles is 1. The number of ether oxygens (including phenoxy) is 1. The van der Waals surface area contributed by atoms with Crippen molar-refractivity contribution in [3.05, 3.63) is 35.8 Å². The van der Waals surface area contributed by atoms with Gasteiger partial charge in [0.25, 0.3) is 5.92 Å². The number of hydrogen-bond donors (Lipinski definition) is 0. The average molecular weight is 402 g/mol. The molecule has 2 aliphatic rings. The molecule has 0 radical (unpaired) electrons. The lowest BCUT2D eigenvalue weighted by Gasteiger charge is -2.36. The molecule has 3 heterocycles. The lowest BCUT2D eigenvalue weighted by atomic mass is 9.82. The SMILES string of the molecule is C.N#Cc1ccc2ncc3nc(C4CC(F)C4)n(C4CCOCC4(F)F)c3c2c1. The van der Waals surface area contributed by atoms with Crippen LogP contribution in [0.2, 0.25) is 0 Å². The Kier molecular flexibility index (Phi) is 4.74. The Hall–Kier alpha value is -2.66. The molecular weight excluding hydrogens is 381 g/mol. The molecule has 8 heteroatoms. The van der Waals surface area contributed by atoms with E-state index in [1.165, 1.54) is 0 Å². The lowest BCUT2D eigenvalue weighted by molar-refractivity contribution is -0.147. The first-order chi connectivity index (χ1) is 13.5. The lowest BCUT2D eigenvalue weighted by Crippen LogP contribution is -2.41. The number of halogens is 3. The highest BCUT2D eigenvalue weighted by Crippen LogP contribution is 2.45. The maximum Gasteiger partial charge on any atom is 0.291 e. The molecule has 0 N–H and O–H groups in total. The fourth-order valence-electron chi connectivity index (χ4n) is 4.26. The van der Waals surface area contributed by atoms with Gasteiger partial charge in [-0.05, 0) is 37.5 Å². The van der Waals surface area contributed by atoms with Gasteiger partial charge >= 0.3 is 0 Å². The molecule has 1 aliphatic heterocycles. The largest absolute Gasteiger partial charge is 0.375 e. The highest BCUT2D eigenvalue weighted by atomic mass is 19.3. The Bertz CT molecular complexity index is 1110. The van der Waals surface area contributed by atoms with Gasteiger partial charge in [-0.1, -0.05) is 7.43 Å². The Balaban J connectivity index is 0.00000205. The van der Waals surface area contributed by atoms with Crippen LogP contribution in [0.3, 0.4) is 0 Å². The summed E-state index contributed by atoms with van der Waals surface area (Å²) in [5.74, 6) is -2.79. The second-order valence-electron chi connectivity index (χ2n) is 7.56. The van der Waals surface area contributed by atoms with Gasteiger partial charge in [0.1, 0.15) is 30.2 Å². The predicted octanol–water partition coefficient (Wildman–Crippen LogP) is 4.90. The molecule has 0 bridgehead atoms. The van der Waals surface area contributed by atoms with Crippen molar-refractivity contribution in [2.45, 2.75) is 50.7 Å². The number of benzene rings is 1. The fraction of sp³-hybridized carbons (Fsp3) is 0.476. The zero-order chi connectivity index (χ0) is 19.5. The normalized spacial score (nSPS) is 25.9. The van der Waals surface area contributed by atoms with E-state index in [1.54, 1.807) is 29.0 Å². The third-order valence-corrected chi connectivity index (χ3v) is 5.75. The van der Waals surface area contributed by atoms with Gasteiger partial charge in [-0.25, -0.2) is 18.2 Å². The molecular formula is C21H21F3N4O. The monoisotopic (exact) mass is 402 g/mol. The molecule has 0 amide bonds. The van der Waals surface area contributed by atoms with Crippen molar-refractivity contribution < 1.29 is 17.9 Å². The Morgan fingerprint density at radius 2 is 2.03 bits per heavy atom. The predicted molar refractivity (Wildman–Crippen MR) is 103 cm³/mol. The van der Waals surface area contributed by atoms with E-state index in [9.17, 15) is 18.4 Å². The van der Waals surface area contributed by atoms with Crippen molar-refractivity contribution in [2.75, 3.05) is 13.2 Å². The van der Waals surface area contributed by atoms with Gasteiger partial charge in [0.05, 0.1) is 28.9 Å². The molecule has 3 aromatic rings. The molecule has 2 fully saturated rings. The zero-order valence-electron chi connectivity index (χ0n) is 14.9. The van der Waals surface area contributed by atoms with Crippen molar-refractivity contribution in [3.8, 4) is 6.07 Å². The minimum Gasteiger partial charge on any atom is -0.375 e. The van der Waals surface area contributed by atoms with Crippen molar-refractivity contribution in [2.24, 2.45) is 0 Å². The molecule has 1 saturated carbocycles. The highest BCUT2D eigenvalue weighted by Gasteiger charge is 2.47. The summed E-state index contributed by atoms with van der Waals surface area (Å²) in [6, 6.07) is 5.95. The van der Waals surface area contributed by atoms with Crippen LogP contribution < -0.4 is 0 Å². The van der Waals surface area contributed by atoms with Crippen LogP contribution in [0.4, 0.5) is 13.2 Å². The molecule has 2 aromatic heterocycles. The van der Waals surface area contributed by atoms with Crippen LogP contribution in [0.5, 0.6) is 0 Å². The first-order valence-corrected chi connectivity index (χ1v) is 9.28. The molecule has 29 heavy (non-hydrogen) atoms. The highest BCUT2D eigenvalue weighted by molar-refractivity contribution is 6.03. The summed E-state index contributed by atoms with van der Waals surface area (Å²) in [5.41, 5.74) is 2.04. The molecule has 1 atom stereocenters. The summed E-state index contributed by atoms with van der Waals surface area (Å²) in [6.07, 6.45) is 1.35. The van der Waals surface area contributed by atoms with Gasteiger partial charge in [-0.3, -0.25) is 4.98 Å². The summed E-state index contributed by atoms with van der Waals surface area (Å²) in [5, 5.41) is 9.87. The van der Waals surface area contributed by atoms with Gasteiger partial charge in [0.2, 0.25) is 0 Å². The summed E-state index contributed by atoms with van der Waals surface area (Å²) in [4.78, 5) is 8.96. The van der Waals surface area contributed by atoms with Crippen LogP contribution in [0.15, 0.2) is 24.4 Å². The first-order valence-electron chi connectivity index (χ1n) is 9.28. The Labute approximate surface area is 166 Å². The minimum absolute atomic E-state index is 0. The number of imidazole rings is 1. The Morgan fingerprint density at radius 1 is 1.24 bits per heavy atom. The van der Waals surface area contributed by atoms with Gasteiger partial charge in [-0.15, -0.1) is 0 Å². The molecule has 152 valence electrons. The van der Waals surface area contributed by atoms with E-state index in [0.29, 0.717) is 33.3 Å². The summed E-state index contributed by atoms with van der Waals surface area (Å²) >= 11 is 0. The molecule has 1 saturated heterocycles. The Morgan fingerprint density at radius 3 is 2.72 bits per heavy atom. The summed E-state index contributed by atoms with van der Waals surface area (Å²) in [7, 11) is 0. The zero-order valence-corrected chi connectivity index (χ0v) is 14.9. The van der Waals surface area contributed by atoms with E-state index in [1.807, 2.05) is 0 Å². The van der Waals surface area contributed by atoms with Crippen LogP contribution >= 0.6 is 0 Å². The maximum atomic E-state index is 14.8. The number of hydrogen-bond acceptors (Lipinski definition) is 4. The maximum absolute atomic E-state index is 14.8. The standard InChI is InChI=1S/C20H17F3N4O.CH4/c21-13-6-12(7-13)19-26-16-9-25-15-2-1-11(8-24)5-14(15)18(16)27(19)17-3-4-28-10-20(17,22)23;/h1-2,5,9,12-13,17H,3-4,6-7,10H2;1H4. The molecule has 5 nitrogen and oxygen atoms in total. The van der Waals surface area contributed by atoms with E-state index in [2.05, 4.69) is 16.0 Å². The number of aromatic nitrogens is 3. The third-order valence-electron chi connectivity index (χ3n) is 5.75. The smallest absolute Gasteiger partial charge is 0.291 e. The molecule has 5 rings (SSSR count). The van der Waals surface area contributed by atoms with Crippen LogP contribution in [0.25, 0.3) is 21.9 Å². The quantitative estimate of drug-likeness (QED) is 0.611. The number of rotatable bonds is 2. The minimum atomic E-state index is -3.07. The molecule has 0 spiro atoms. The van der Waals surface area contributed by atoms with Crippen molar-refractivity contribution in [1.29, 1.82) is 5.26 Å². The number of alkyl halides is 3. The van der Waals surface area contributed by atoms with E-state index in [0.717, 1.165) is 0 Å². The van der Waals surface area contributed by atoms with Crippen LogP contribution in [0.1, 0.15) is 50.0 Å². The third kappa shape index (κ3) is 3.04. The average Bonchev–Trinajstić information content (AvgIpc) is 3.03. The summed E-state index contributed by atoms with van der Waals surface area (Å²) < 4.78 is 49.8. The fourth-order valence-corrected chi connectivity index (χ4v) is 4.26. The van der Waals surface area contributed by atoms with Gasteiger partial charge in [0, 0.05) is 17.9 Å². The van der Waals surface area contributed by atoms with E-state index in [4.69, 9.17) is 4.74 Å². The van der Waals surface area contributed by atoms with Gasteiger partial charge in [-0.2, -0.15) is 5.26 Å². The molecule has 1 aliphatic carbocycles. The van der Waals surface area contributed by atoms with E-state index < -0.39 is 24.7 Å². The number of fused-ring (bicyclic) bond motifs is 3. The summed E-state index contributed by atoms with van der Waals surface area (Å²) in [6.45, 7) is -0.429. The molecule has 1 aromatic carbocycles. The second kappa shape index (κ2) is 6.99. The van der Waals surface area contributed by atoms with Crippen molar-refractivity contribution >= 4 is 21.9 Å². The number of pyridine rings is 1. The van der Waals surface area contributed by atoms with Gasteiger partial charge < -0.3 is 9.30 Å². The molecule has 1 unspecified atom stereocenters. The van der Waals surface area contributed by atoms with Crippen LogP contribution in [-0.2, 0) is 4.74 Å². The van der Waals surface area contributed by atoms with Crippen LogP contribution in [0, 0.1) is 11.3 Å². The van der Waals surface area contributed by atoms with Gasteiger partial charge in [0.15, 0.2) is 0 Å². The van der Waals surface area contributed by atoms with Crippen LogP contribution in [-0.4, -0.2) is 39.8 Å². The van der Waals surface area contributed by atoms with E-state index >= 15 is 0 Å². The first kappa shape index (κ1) is 19.6. The van der Waals surface area contributed by atoms with Crippen molar-refractivity contribution in [3.63, 3.8) is 0 Å². The topological polar surface area (TPSA) is 63.7 Å². The van der Waals surface area contributed by atoms with Crippen molar-refractivity contribution in [1.82, 2.24) is 14.5 Å². The van der Waals surface area contributed by atoms with E-state index in [-0.39, 0.29) is 39.2 Å². The number of nitrogens with zero attached hydrogens (tertiary/aromatic N) is 4. The second-order valence-corrected chi connectivity index (χ2v) is 7.56.